The Labute approximate surface area is 127 Å². The molecule has 0 bridgehead atoms. The quantitative estimate of drug-likeness (QED) is 0.785. The van der Waals surface area contributed by atoms with Gasteiger partial charge in [0.05, 0.1) is 6.33 Å². The van der Waals surface area contributed by atoms with Gasteiger partial charge in [-0.3, -0.25) is 5.10 Å². The number of aromatic amines is 1. The largest absolute Gasteiger partial charge is 0.354 e. The Balaban J connectivity index is 1.68. The van der Waals surface area contributed by atoms with Crippen molar-refractivity contribution in [3.05, 3.63) is 24.8 Å². The second-order valence-corrected chi connectivity index (χ2v) is 5.56. The smallest absolute Gasteiger partial charge is 0.165 e. The van der Waals surface area contributed by atoms with E-state index in [1.165, 1.54) is 0 Å². The van der Waals surface area contributed by atoms with Crippen molar-refractivity contribution in [2.75, 3.05) is 18.0 Å². The second kappa shape index (κ2) is 5.36. The monoisotopic (exact) mass is 298 g/mol. The van der Waals surface area contributed by atoms with E-state index in [4.69, 9.17) is 0 Å². The molecule has 0 unspecified atom stereocenters. The number of imidazole rings is 1. The summed E-state index contributed by atoms with van der Waals surface area (Å²) in [5.74, 6) is 2.23. The minimum atomic E-state index is 0.356. The van der Waals surface area contributed by atoms with E-state index in [9.17, 15) is 0 Å². The zero-order valence-corrected chi connectivity index (χ0v) is 12.5. The van der Waals surface area contributed by atoms with Gasteiger partial charge in [0.15, 0.2) is 17.0 Å². The van der Waals surface area contributed by atoms with Gasteiger partial charge >= 0.3 is 0 Å². The second-order valence-electron chi connectivity index (χ2n) is 5.56. The number of fused-ring (bicyclic) bond motifs is 1. The molecule has 0 saturated carbocycles. The molecule has 1 atom stereocenters. The molecule has 0 radical (unpaired) electrons. The van der Waals surface area contributed by atoms with E-state index in [2.05, 4.69) is 42.0 Å². The standard InChI is InChI=1S/C14H18N8/c1-2-21-9-18-11-13(21)16-7-17-14(11)22-5-3-4-10(6-22)12-15-8-19-20-12/h7-10H,2-6H2,1H3,(H,15,19,20)/t10-/m1/s1. The molecule has 1 aliphatic heterocycles. The molecule has 0 amide bonds. The Morgan fingerprint density at radius 2 is 2.18 bits per heavy atom. The molecule has 1 saturated heterocycles. The number of aromatic nitrogens is 7. The van der Waals surface area contributed by atoms with Crippen LogP contribution in [0.15, 0.2) is 19.0 Å². The molecule has 3 aromatic rings. The van der Waals surface area contributed by atoms with Gasteiger partial charge in [0, 0.05) is 25.6 Å². The first kappa shape index (κ1) is 13.2. The van der Waals surface area contributed by atoms with Gasteiger partial charge in [0.2, 0.25) is 0 Å². The van der Waals surface area contributed by atoms with Crippen LogP contribution in [0.25, 0.3) is 11.2 Å². The number of nitrogens with one attached hydrogen (secondary N) is 1. The molecule has 1 N–H and O–H groups in total. The van der Waals surface area contributed by atoms with E-state index in [-0.39, 0.29) is 0 Å². The molecule has 8 heteroatoms. The number of anilines is 1. The van der Waals surface area contributed by atoms with Crippen LogP contribution in [0.5, 0.6) is 0 Å². The summed E-state index contributed by atoms with van der Waals surface area (Å²) in [6.07, 6.45) is 7.25. The van der Waals surface area contributed by atoms with Crippen LogP contribution in [0.2, 0.25) is 0 Å². The van der Waals surface area contributed by atoms with E-state index < -0.39 is 0 Å². The van der Waals surface area contributed by atoms with Crippen LogP contribution in [0.4, 0.5) is 5.82 Å². The van der Waals surface area contributed by atoms with Gasteiger partial charge in [-0.2, -0.15) is 5.10 Å². The zero-order chi connectivity index (χ0) is 14.9. The predicted molar refractivity (Wildman–Crippen MR) is 81.6 cm³/mol. The molecule has 0 aliphatic carbocycles. The molecule has 4 heterocycles. The lowest BCUT2D eigenvalue weighted by atomic mass is 9.97. The Morgan fingerprint density at radius 3 is 3.00 bits per heavy atom. The first-order chi connectivity index (χ1) is 10.9. The maximum absolute atomic E-state index is 4.51. The highest BCUT2D eigenvalue weighted by molar-refractivity contribution is 5.83. The van der Waals surface area contributed by atoms with Gasteiger partial charge in [-0.1, -0.05) is 0 Å². The summed E-state index contributed by atoms with van der Waals surface area (Å²) in [7, 11) is 0. The van der Waals surface area contributed by atoms with Crippen LogP contribution in [0, 0.1) is 0 Å². The zero-order valence-electron chi connectivity index (χ0n) is 12.5. The molecule has 3 aromatic heterocycles. The third-order valence-electron chi connectivity index (χ3n) is 4.26. The number of rotatable bonds is 3. The third-order valence-corrected chi connectivity index (χ3v) is 4.26. The number of nitrogens with zero attached hydrogens (tertiary/aromatic N) is 7. The summed E-state index contributed by atoms with van der Waals surface area (Å²) in [5, 5.41) is 6.95. The lowest BCUT2D eigenvalue weighted by Crippen LogP contribution is -2.35. The lowest BCUT2D eigenvalue weighted by molar-refractivity contribution is 0.490. The van der Waals surface area contributed by atoms with Crippen LogP contribution < -0.4 is 4.90 Å². The van der Waals surface area contributed by atoms with E-state index >= 15 is 0 Å². The van der Waals surface area contributed by atoms with E-state index in [1.54, 1.807) is 12.7 Å². The highest BCUT2D eigenvalue weighted by Crippen LogP contribution is 2.29. The van der Waals surface area contributed by atoms with Crippen molar-refractivity contribution >= 4 is 17.0 Å². The summed E-state index contributed by atoms with van der Waals surface area (Å²) < 4.78 is 2.04. The van der Waals surface area contributed by atoms with Crippen LogP contribution in [0.1, 0.15) is 31.5 Å². The van der Waals surface area contributed by atoms with Crippen molar-refractivity contribution < 1.29 is 0 Å². The summed E-state index contributed by atoms with van der Waals surface area (Å²) in [5.41, 5.74) is 1.77. The molecule has 1 fully saturated rings. The number of hydrogen-bond acceptors (Lipinski definition) is 6. The highest BCUT2D eigenvalue weighted by Gasteiger charge is 2.26. The number of piperidine rings is 1. The summed E-state index contributed by atoms with van der Waals surface area (Å²) in [6, 6.07) is 0. The predicted octanol–water partition coefficient (Wildman–Crippen LogP) is 1.35. The molecule has 1 aliphatic rings. The van der Waals surface area contributed by atoms with E-state index in [0.29, 0.717) is 5.92 Å². The van der Waals surface area contributed by atoms with Gasteiger partial charge in [-0.05, 0) is 19.8 Å². The third kappa shape index (κ3) is 2.11. The van der Waals surface area contributed by atoms with Crippen molar-refractivity contribution in [3.63, 3.8) is 0 Å². The van der Waals surface area contributed by atoms with Crippen molar-refractivity contribution in [3.8, 4) is 0 Å². The van der Waals surface area contributed by atoms with E-state index in [0.717, 1.165) is 55.3 Å². The van der Waals surface area contributed by atoms with Crippen molar-refractivity contribution in [2.45, 2.75) is 32.2 Å². The molecular formula is C14H18N8. The fourth-order valence-electron chi connectivity index (χ4n) is 3.14. The maximum atomic E-state index is 4.51. The molecule has 22 heavy (non-hydrogen) atoms. The topological polar surface area (TPSA) is 88.4 Å². The minimum absolute atomic E-state index is 0.356. The minimum Gasteiger partial charge on any atom is -0.354 e. The SMILES string of the molecule is CCn1cnc2c(N3CCC[C@@H](c4ncn[nH]4)C3)ncnc21. The number of H-pyrrole nitrogens is 1. The molecule has 114 valence electrons. The summed E-state index contributed by atoms with van der Waals surface area (Å²) in [4.78, 5) is 20.0. The first-order valence-electron chi connectivity index (χ1n) is 7.63. The van der Waals surface area contributed by atoms with Crippen molar-refractivity contribution in [1.82, 2.24) is 34.7 Å². The van der Waals surface area contributed by atoms with Crippen LogP contribution >= 0.6 is 0 Å². The number of aryl methyl sites for hydroxylation is 1. The Hall–Kier alpha value is -2.51. The van der Waals surface area contributed by atoms with Gasteiger partial charge in [-0.25, -0.2) is 19.9 Å². The average Bonchev–Trinajstić information content (AvgIpc) is 3.24. The molecule has 0 aromatic carbocycles. The van der Waals surface area contributed by atoms with Gasteiger partial charge in [0.1, 0.15) is 18.5 Å². The van der Waals surface area contributed by atoms with Crippen LogP contribution in [-0.4, -0.2) is 47.8 Å². The van der Waals surface area contributed by atoms with Crippen LogP contribution in [-0.2, 0) is 6.54 Å². The Kier molecular flexibility index (Phi) is 3.21. The molecule has 8 nitrogen and oxygen atoms in total. The average molecular weight is 298 g/mol. The van der Waals surface area contributed by atoms with Crippen molar-refractivity contribution in [2.24, 2.45) is 0 Å². The molecular weight excluding hydrogens is 280 g/mol. The van der Waals surface area contributed by atoms with Gasteiger partial charge in [0.25, 0.3) is 0 Å². The maximum Gasteiger partial charge on any atom is 0.165 e. The van der Waals surface area contributed by atoms with Crippen LogP contribution in [0.3, 0.4) is 0 Å². The van der Waals surface area contributed by atoms with E-state index in [1.807, 2.05) is 10.9 Å². The fraction of sp³-hybridized carbons (Fsp3) is 0.500. The summed E-state index contributed by atoms with van der Waals surface area (Å²) in [6.45, 7) is 4.80. The first-order valence-corrected chi connectivity index (χ1v) is 7.63. The fourth-order valence-corrected chi connectivity index (χ4v) is 3.14. The highest BCUT2D eigenvalue weighted by atomic mass is 15.2. The lowest BCUT2D eigenvalue weighted by Gasteiger charge is -2.32. The Bertz CT molecular complexity index is 762. The normalized spacial score (nSPS) is 19.0. The molecule has 4 rings (SSSR count). The van der Waals surface area contributed by atoms with Gasteiger partial charge < -0.3 is 9.47 Å². The summed E-state index contributed by atoms with van der Waals surface area (Å²) >= 11 is 0. The Morgan fingerprint density at radius 1 is 1.23 bits per heavy atom. The van der Waals surface area contributed by atoms with Crippen molar-refractivity contribution in [1.29, 1.82) is 0 Å². The van der Waals surface area contributed by atoms with Gasteiger partial charge in [-0.15, -0.1) is 0 Å². The molecule has 0 spiro atoms. The number of hydrogen-bond donors (Lipinski definition) is 1.